The summed E-state index contributed by atoms with van der Waals surface area (Å²) < 4.78 is 6.35. The second-order valence-corrected chi connectivity index (χ2v) is 8.48. The number of thioether (sulfide) groups is 1. The highest BCUT2D eigenvalue weighted by Crippen LogP contribution is 2.35. The molecule has 0 aromatic heterocycles. The number of carboxylic acid groups (broad SMARTS) is 1. The minimum Gasteiger partial charge on any atom is -0.480 e. The predicted molar refractivity (Wildman–Crippen MR) is 127 cm³/mol. The number of carbonyl (C=O) groups excluding carboxylic acids is 1. The number of likely N-dealkylation sites (N-methyl/N-ethyl adjacent to an activating group) is 1. The summed E-state index contributed by atoms with van der Waals surface area (Å²) >= 11 is 3.40. The fourth-order valence-electron chi connectivity index (χ4n) is 2.73. The monoisotopic (exact) mass is 532 g/mol. The number of hydrogen-bond donors (Lipinski definition) is 1. The Hall–Kier alpha value is -2.77. The molecular weight excluding hydrogens is 515 g/mol. The van der Waals surface area contributed by atoms with Crippen LogP contribution in [0.2, 0.25) is 0 Å². The number of nitrogens with zero attached hydrogens (tertiary/aromatic N) is 2. The average molecular weight is 532 g/mol. The van der Waals surface area contributed by atoms with Crippen LogP contribution in [0.4, 0.5) is 5.69 Å². The molecule has 1 heterocycles. The molecule has 1 fully saturated rings. The zero-order valence-electron chi connectivity index (χ0n) is 16.2. The van der Waals surface area contributed by atoms with Gasteiger partial charge in [0.25, 0.3) is 5.91 Å². The molecule has 0 bridgehead atoms. The van der Waals surface area contributed by atoms with Gasteiger partial charge in [-0.25, -0.2) is 9.79 Å². The van der Waals surface area contributed by atoms with Crippen molar-refractivity contribution in [2.75, 3.05) is 13.7 Å². The van der Waals surface area contributed by atoms with Crippen molar-refractivity contribution < 1.29 is 19.4 Å². The van der Waals surface area contributed by atoms with Gasteiger partial charge in [0.2, 0.25) is 0 Å². The number of rotatable bonds is 5. The summed E-state index contributed by atoms with van der Waals surface area (Å²) in [6.45, 7) is 1.89. The van der Waals surface area contributed by atoms with Gasteiger partial charge in [-0.1, -0.05) is 18.1 Å². The number of terminal acetylenes is 1. The Morgan fingerprint density at radius 2 is 2.17 bits per heavy atom. The first kappa shape index (κ1) is 21.9. The number of benzene rings is 2. The Bertz CT molecular complexity index is 1130. The first-order valence-corrected chi connectivity index (χ1v) is 10.7. The van der Waals surface area contributed by atoms with Crippen molar-refractivity contribution in [2.24, 2.45) is 4.99 Å². The van der Waals surface area contributed by atoms with Gasteiger partial charge in [-0.05, 0) is 82.7 Å². The standard InChI is InChI=1S/C22H17IN2O4S/c1-4-10-29-18-9-8-14(11-16(18)23)12-19-20(26)25(3)22(30-19)24-17-7-5-6-15(13(17)2)21(27)28/h1,5-9,11-12H,10H2,2-3H3,(H,27,28)/b19-12-,24-22?. The van der Waals surface area contributed by atoms with Crippen LogP contribution >= 0.6 is 34.4 Å². The van der Waals surface area contributed by atoms with Gasteiger partial charge in [0.05, 0.1) is 19.7 Å². The molecular formula is C22H17IN2O4S. The van der Waals surface area contributed by atoms with Crippen molar-refractivity contribution in [2.45, 2.75) is 6.92 Å². The summed E-state index contributed by atoms with van der Waals surface area (Å²) in [7, 11) is 1.64. The SMILES string of the molecule is C#CCOc1ccc(/C=C2\SC(=Nc3cccc(C(=O)O)c3C)N(C)C2=O)cc1I. The third-order valence-electron chi connectivity index (χ3n) is 4.32. The average Bonchev–Trinajstić information content (AvgIpc) is 2.96. The van der Waals surface area contributed by atoms with Crippen LogP contribution in [0.1, 0.15) is 21.5 Å². The van der Waals surface area contributed by atoms with Crippen LogP contribution in [0.5, 0.6) is 5.75 Å². The molecule has 8 heteroatoms. The highest BCUT2D eigenvalue weighted by molar-refractivity contribution is 14.1. The molecule has 0 saturated carbocycles. The zero-order valence-corrected chi connectivity index (χ0v) is 19.2. The van der Waals surface area contributed by atoms with E-state index in [1.165, 1.54) is 22.7 Å². The van der Waals surface area contributed by atoms with Gasteiger partial charge < -0.3 is 9.84 Å². The van der Waals surface area contributed by atoms with Crippen LogP contribution < -0.4 is 4.74 Å². The maximum Gasteiger partial charge on any atom is 0.336 e. The highest BCUT2D eigenvalue weighted by atomic mass is 127. The second-order valence-electron chi connectivity index (χ2n) is 6.31. The van der Waals surface area contributed by atoms with Crippen LogP contribution in [-0.2, 0) is 4.79 Å². The first-order valence-electron chi connectivity index (χ1n) is 8.77. The number of halogens is 1. The van der Waals surface area contributed by atoms with E-state index >= 15 is 0 Å². The molecule has 1 aliphatic rings. The maximum absolute atomic E-state index is 12.7. The van der Waals surface area contributed by atoms with Crippen molar-refractivity contribution in [3.63, 3.8) is 0 Å². The molecule has 0 spiro atoms. The predicted octanol–water partition coefficient (Wildman–Crippen LogP) is 4.54. The number of carbonyl (C=O) groups is 2. The van der Waals surface area contributed by atoms with Crippen molar-refractivity contribution in [1.82, 2.24) is 4.90 Å². The van der Waals surface area contributed by atoms with Gasteiger partial charge >= 0.3 is 5.97 Å². The summed E-state index contributed by atoms with van der Waals surface area (Å²) in [5.41, 5.74) is 2.10. The molecule has 0 aliphatic carbocycles. The zero-order chi connectivity index (χ0) is 21.8. The minimum atomic E-state index is -1.01. The van der Waals surface area contributed by atoms with E-state index in [2.05, 4.69) is 33.5 Å². The minimum absolute atomic E-state index is 0.173. The summed E-state index contributed by atoms with van der Waals surface area (Å²) in [6.07, 6.45) is 7.01. The number of ether oxygens (including phenoxy) is 1. The van der Waals surface area contributed by atoms with Crippen LogP contribution in [0.25, 0.3) is 6.08 Å². The molecule has 3 rings (SSSR count). The Labute approximate surface area is 192 Å². The van der Waals surface area contributed by atoms with Gasteiger partial charge in [-0.2, -0.15) is 0 Å². The van der Waals surface area contributed by atoms with Crippen LogP contribution in [0.3, 0.4) is 0 Å². The largest absolute Gasteiger partial charge is 0.480 e. The topological polar surface area (TPSA) is 79.2 Å². The van der Waals surface area contributed by atoms with Crippen molar-refractivity contribution in [3.05, 3.63) is 61.6 Å². The highest BCUT2D eigenvalue weighted by Gasteiger charge is 2.30. The summed E-state index contributed by atoms with van der Waals surface area (Å²) in [5.74, 6) is 1.93. The van der Waals surface area contributed by atoms with E-state index in [9.17, 15) is 14.7 Å². The lowest BCUT2D eigenvalue weighted by Gasteiger charge is -2.09. The van der Waals surface area contributed by atoms with Gasteiger partial charge in [0.15, 0.2) is 5.17 Å². The maximum atomic E-state index is 12.7. The number of amides is 1. The number of aliphatic imine (C=N–C) groups is 1. The van der Waals surface area contributed by atoms with E-state index in [0.29, 0.717) is 27.1 Å². The number of amidine groups is 1. The van der Waals surface area contributed by atoms with Gasteiger partial charge in [0.1, 0.15) is 12.4 Å². The lowest BCUT2D eigenvalue weighted by atomic mass is 10.1. The molecule has 2 aromatic rings. The fraction of sp³-hybridized carbons (Fsp3) is 0.136. The molecule has 0 unspecified atom stereocenters. The summed E-state index contributed by atoms with van der Waals surface area (Å²) in [6, 6.07) is 10.5. The van der Waals surface area contributed by atoms with Crippen molar-refractivity contribution in [1.29, 1.82) is 0 Å². The van der Waals surface area contributed by atoms with Crippen LogP contribution in [-0.4, -0.2) is 40.7 Å². The lowest BCUT2D eigenvalue weighted by Crippen LogP contribution is -2.23. The Morgan fingerprint density at radius 3 is 2.83 bits per heavy atom. The summed E-state index contributed by atoms with van der Waals surface area (Å²) in [4.78, 5) is 30.5. The third kappa shape index (κ3) is 4.68. The number of carboxylic acids is 1. The van der Waals surface area contributed by atoms with Gasteiger partial charge in [0, 0.05) is 7.05 Å². The molecule has 0 radical (unpaired) electrons. The van der Waals surface area contributed by atoms with Crippen molar-refractivity contribution in [3.8, 4) is 18.1 Å². The molecule has 30 heavy (non-hydrogen) atoms. The Morgan fingerprint density at radius 1 is 1.40 bits per heavy atom. The molecule has 1 saturated heterocycles. The van der Waals surface area contributed by atoms with Crippen LogP contribution in [0.15, 0.2) is 46.3 Å². The van der Waals surface area contributed by atoms with E-state index in [-0.39, 0.29) is 18.1 Å². The van der Waals surface area contributed by atoms with E-state index in [4.69, 9.17) is 11.2 Å². The quantitative estimate of drug-likeness (QED) is 0.348. The van der Waals surface area contributed by atoms with Crippen LogP contribution in [0, 0.1) is 22.8 Å². The normalized spacial score (nSPS) is 16.2. The molecule has 6 nitrogen and oxygen atoms in total. The molecule has 1 amide bonds. The number of hydrogen-bond acceptors (Lipinski definition) is 5. The third-order valence-corrected chi connectivity index (χ3v) is 6.22. The summed E-state index contributed by atoms with van der Waals surface area (Å²) in [5, 5.41) is 9.78. The fourth-order valence-corrected chi connectivity index (χ4v) is 4.40. The van der Waals surface area contributed by atoms with Gasteiger partial charge in [-0.15, -0.1) is 6.42 Å². The molecule has 0 atom stereocenters. The Kier molecular flexibility index (Phi) is 6.84. The van der Waals surface area contributed by atoms with E-state index < -0.39 is 5.97 Å². The smallest absolute Gasteiger partial charge is 0.336 e. The molecule has 152 valence electrons. The van der Waals surface area contributed by atoms with E-state index in [1.807, 2.05) is 18.2 Å². The second kappa shape index (κ2) is 9.36. The van der Waals surface area contributed by atoms with Crippen molar-refractivity contribution >= 4 is 63.2 Å². The van der Waals surface area contributed by atoms with E-state index in [0.717, 1.165) is 9.13 Å². The number of aromatic carboxylic acids is 1. The molecule has 2 aromatic carbocycles. The Balaban J connectivity index is 1.89. The lowest BCUT2D eigenvalue weighted by molar-refractivity contribution is -0.121. The first-order chi connectivity index (χ1) is 14.3. The van der Waals surface area contributed by atoms with Gasteiger partial charge in [-0.3, -0.25) is 9.69 Å². The van der Waals surface area contributed by atoms with E-state index in [1.54, 1.807) is 32.2 Å². The molecule has 1 aliphatic heterocycles. The molecule has 1 N–H and O–H groups in total.